The molecule has 0 unspecified atom stereocenters. The number of benzene rings is 1. The highest BCUT2D eigenvalue weighted by Crippen LogP contribution is 2.32. The van der Waals surface area contributed by atoms with Gasteiger partial charge in [0.05, 0.1) is 5.41 Å². The average molecular weight is 359 g/mol. The Morgan fingerprint density at radius 2 is 2.16 bits per heavy atom. The van der Waals surface area contributed by atoms with Gasteiger partial charge in [-0.2, -0.15) is 0 Å². The molecular formula is C19H23ClN4O. The van der Waals surface area contributed by atoms with Gasteiger partial charge < -0.3 is 10.2 Å². The minimum Gasteiger partial charge on any atom is -0.355 e. The van der Waals surface area contributed by atoms with Crippen molar-refractivity contribution in [2.45, 2.75) is 33.2 Å². The number of aryl methyl sites for hydroxylation is 1. The summed E-state index contributed by atoms with van der Waals surface area (Å²) in [5, 5.41) is 3.73. The van der Waals surface area contributed by atoms with E-state index in [1.807, 2.05) is 44.2 Å². The summed E-state index contributed by atoms with van der Waals surface area (Å²) in [6.45, 7) is 5.97. The molecule has 1 aliphatic heterocycles. The number of piperidine rings is 1. The Hall–Kier alpha value is -2.14. The topological polar surface area (TPSA) is 58.1 Å². The molecule has 1 aromatic heterocycles. The normalized spacial score (nSPS) is 20.4. The molecule has 132 valence electrons. The van der Waals surface area contributed by atoms with Crippen molar-refractivity contribution >= 4 is 23.3 Å². The monoisotopic (exact) mass is 358 g/mol. The zero-order chi connectivity index (χ0) is 17.9. The van der Waals surface area contributed by atoms with Gasteiger partial charge in [0.15, 0.2) is 0 Å². The van der Waals surface area contributed by atoms with Gasteiger partial charge in [0.2, 0.25) is 5.91 Å². The van der Waals surface area contributed by atoms with Crippen molar-refractivity contribution in [3.05, 3.63) is 52.9 Å². The van der Waals surface area contributed by atoms with Gasteiger partial charge in [-0.25, -0.2) is 9.97 Å². The molecule has 1 amide bonds. The molecule has 0 aliphatic carbocycles. The van der Waals surface area contributed by atoms with Crippen LogP contribution < -0.4 is 10.2 Å². The number of carbonyl (C=O) groups is 1. The molecule has 1 fully saturated rings. The van der Waals surface area contributed by atoms with E-state index >= 15 is 0 Å². The highest BCUT2D eigenvalue weighted by Gasteiger charge is 2.38. The molecule has 2 heterocycles. The number of halogens is 1. The number of amides is 1. The summed E-state index contributed by atoms with van der Waals surface area (Å²) in [5.74, 6) is 0.945. The van der Waals surface area contributed by atoms with E-state index in [0.717, 1.165) is 36.5 Å². The third-order valence-corrected chi connectivity index (χ3v) is 5.12. The van der Waals surface area contributed by atoms with Crippen LogP contribution in [0.3, 0.4) is 0 Å². The molecule has 1 N–H and O–H groups in total. The number of rotatable bonds is 4. The van der Waals surface area contributed by atoms with Crippen LogP contribution in [0.2, 0.25) is 5.02 Å². The van der Waals surface area contributed by atoms with Gasteiger partial charge in [-0.3, -0.25) is 4.79 Å². The van der Waals surface area contributed by atoms with Crippen molar-refractivity contribution in [2.24, 2.45) is 5.41 Å². The van der Waals surface area contributed by atoms with Crippen molar-refractivity contribution in [3.8, 4) is 0 Å². The quantitative estimate of drug-likeness (QED) is 0.910. The van der Waals surface area contributed by atoms with E-state index < -0.39 is 5.41 Å². The Labute approximate surface area is 153 Å². The second kappa shape index (κ2) is 7.40. The summed E-state index contributed by atoms with van der Waals surface area (Å²) >= 11 is 6.17. The fourth-order valence-electron chi connectivity index (χ4n) is 3.26. The summed E-state index contributed by atoms with van der Waals surface area (Å²) in [5.41, 5.74) is 1.42. The molecule has 1 aromatic carbocycles. The lowest BCUT2D eigenvalue weighted by atomic mass is 9.81. The van der Waals surface area contributed by atoms with Crippen LogP contribution in [-0.2, 0) is 11.3 Å². The van der Waals surface area contributed by atoms with Crippen molar-refractivity contribution in [1.29, 1.82) is 0 Å². The molecule has 3 rings (SSSR count). The standard InChI is InChI=1S/C19H23ClN4O/c1-14-10-17(23-13-22-14)24-9-5-8-19(2,12-24)18(25)21-11-15-6-3-4-7-16(15)20/h3-4,6-7,10,13H,5,8-9,11-12H2,1-2H3,(H,21,25)/t19-/m1/s1. The van der Waals surface area contributed by atoms with Crippen LogP contribution in [0.4, 0.5) is 5.82 Å². The second-order valence-corrected chi connectivity index (χ2v) is 7.28. The average Bonchev–Trinajstić information content (AvgIpc) is 2.61. The van der Waals surface area contributed by atoms with E-state index in [0.29, 0.717) is 18.1 Å². The Balaban J connectivity index is 1.67. The van der Waals surface area contributed by atoms with E-state index in [9.17, 15) is 4.79 Å². The molecule has 6 heteroatoms. The fraction of sp³-hybridized carbons (Fsp3) is 0.421. The van der Waals surface area contributed by atoms with Crippen LogP contribution in [0.25, 0.3) is 0 Å². The van der Waals surface area contributed by atoms with E-state index in [-0.39, 0.29) is 5.91 Å². The van der Waals surface area contributed by atoms with Crippen LogP contribution in [0.15, 0.2) is 36.7 Å². The van der Waals surface area contributed by atoms with Crippen LogP contribution >= 0.6 is 11.6 Å². The number of hydrogen-bond donors (Lipinski definition) is 1. The fourth-order valence-corrected chi connectivity index (χ4v) is 3.47. The first-order valence-electron chi connectivity index (χ1n) is 8.53. The largest absolute Gasteiger partial charge is 0.355 e. The van der Waals surface area contributed by atoms with Crippen molar-refractivity contribution in [2.75, 3.05) is 18.0 Å². The summed E-state index contributed by atoms with van der Waals surface area (Å²) < 4.78 is 0. The van der Waals surface area contributed by atoms with Crippen LogP contribution in [0, 0.1) is 12.3 Å². The Bertz CT molecular complexity index is 767. The Morgan fingerprint density at radius 3 is 2.92 bits per heavy atom. The van der Waals surface area contributed by atoms with E-state index in [4.69, 9.17) is 11.6 Å². The van der Waals surface area contributed by atoms with Crippen LogP contribution in [-0.4, -0.2) is 29.0 Å². The van der Waals surface area contributed by atoms with Gasteiger partial charge in [-0.15, -0.1) is 0 Å². The molecule has 5 nitrogen and oxygen atoms in total. The summed E-state index contributed by atoms with van der Waals surface area (Å²) in [6.07, 6.45) is 3.40. The van der Waals surface area contributed by atoms with Gasteiger partial charge >= 0.3 is 0 Å². The van der Waals surface area contributed by atoms with Gasteiger partial charge in [-0.05, 0) is 38.3 Å². The maximum atomic E-state index is 12.8. The van der Waals surface area contributed by atoms with E-state index in [2.05, 4.69) is 20.2 Å². The number of aromatic nitrogens is 2. The summed E-state index contributed by atoms with van der Waals surface area (Å²) in [7, 11) is 0. The molecule has 0 saturated carbocycles. The van der Waals surface area contributed by atoms with Crippen LogP contribution in [0.5, 0.6) is 0 Å². The van der Waals surface area contributed by atoms with Crippen LogP contribution in [0.1, 0.15) is 31.0 Å². The summed E-state index contributed by atoms with van der Waals surface area (Å²) in [4.78, 5) is 23.5. The predicted molar refractivity (Wildman–Crippen MR) is 99.6 cm³/mol. The molecule has 1 aliphatic rings. The zero-order valence-electron chi connectivity index (χ0n) is 14.6. The molecule has 0 radical (unpaired) electrons. The van der Waals surface area contributed by atoms with Crippen molar-refractivity contribution in [1.82, 2.24) is 15.3 Å². The van der Waals surface area contributed by atoms with Gasteiger partial charge in [0.25, 0.3) is 0 Å². The second-order valence-electron chi connectivity index (χ2n) is 6.88. The molecule has 0 bridgehead atoms. The first kappa shape index (κ1) is 17.7. The highest BCUT2D eigenvalue weighted by molar-refractivity contribution is 6.31. The minimum absolute atomic E-state index is 0.0582. The van der Waals surface area contributed by atoms with Crippen molar-refractivity contribution in [3.63, 3.8) is 0 Å². The number of hydrogen-bond acceptors (Lipinski definition) is 4. The van der Waals surface area contributed by atoms with Crippen molar-refractivity contribution < 1.29 is 4.79 Å². The molecule has 0 spiro atoms. The molecule has 2 aromatic rings. The van der Waals surface area contributed by atoms with Gasteiger partial charge in [0.1, 0.15) is 12.1 Å². The maximum Gasteiger partial charge on any atom is 0.227 e. The SMILES string of the molecule is Cc1cc(N2CCC[C@@](C)(C(=O)NCc3ccccc3Cl)C2)ncn1. The number of anilines is 1. The van der Waals surface area contributed by atoms with Gasteiger partial charge in [-0.1, -0.05) is 29.8 Å². The molecular weight excluding hydrogens is 336 g/mol. The molecule has 1 saturated heterocycles. The van der Waals surface area contributed by atoms with Gasteiger partial charge in [0, 0.05) is 36.4 Å². The highest BCUT2D eigenvalue weighted by atomic mass is 35.5. The number of nitrogens with zero attached hydrogens (tertiary/aromatic N) is 3. The first-order chi connectivity index (χ1) is 12.0. The summed E-state index contributed by atoms with van der Waals surface area (Å²) in [6, 6.07) is 9.55. The van der Waals surface area contributed by atoms with E-state index in [1.165, 1.54) is 0 Å². The minimum atomic E-state index is -0.446. The smallest absolute Gasteiger partial charge is 0.227 e. The number of carbonyl (C=O) groups excluding carboxylic acids is 1. The Kier molecular flexibility index (Phi) is 5.23. The molecule has 1 atom stereocenters. The maximum absolute atomic E-state index is 12.8. The third kappa shape index (κ3) is 4.10. The molecule has 25 heavy (non-hydrogen) atoms. The lowest BCUT2D eigenvalue weighted by Crippen LogP contribution is -2.50. The Morgan fingerprint density at radius 1 is 1.36 bits per heavy atom. The zero-order valence-corrected chi connectivity index (χ0v) is 15.4. The predicted octanol–water partition coefficient (Wildman–Crippen LogP) is 3.36. The van der Waals surface area contributed by atoms with E-state index in [1.54, 1.807) is 6.33 Å². The number of nitrogens with one attached hydrogen (secondary N) is 1. The lowest BCUT2D eigenvalue weighted by molar-refractivity contribution is -0.130. The first-order valence-corrected chi connectivity index (χ1v) is 8.91. The lowest BCUT2D eigenvalue weighted by Gasteiger charge is -2.40. The third-order valence-electron chi connectivity index (χ3n) is 4.76.